The van der Waals surface area contributed by atoms with Gasteiger partial charge in [0.05, 0.1) is 17.9 Å². The maximum atomic E-state index is 11.9. The minimum atomic E-state index is -0.591. The number of nitrogens with zero attached hydrogens (tertiary/aromatic N) is 1. The Morgan fingerprint density at radius 1 is 1.14 bits per heavy atom. The van der Waals surface area contributed by atoms with Gasteiger partial charge in [-0.05, 0) is 24.3 Å². The second-order valence-corrected chi connectivity index (χ2v) is 4.25. The molecule has 0 atom stereocenters. The van der Waals surface area contributed by atoms with Gasteiger partial charge in [0, 0.05) is 19.0 Å². The van der Waals surface area contributed by atoms with Crippen LogP contribution in [0.4, 0.5) is 10.5 Å². The molecule has 1 aromatic carbocycles. The Bertz CT molecular complexity index is 612. The number of para-hydroxylation sites is 1. The van der Waals surface area contributed by atoms with Crippen molar-refractivity contribution in [2.45, 2.75) is 6.61 Å². The number of urea groups is 1. The third kappa shape index (κ3) is 4.39. The Morgan fingerprint density at radius 3 is 2.52 bits per heavy atom. The lowest BCUT2D eigenvalue weighted by molar-refractivity contribution is 0.0966. The molecule has 6 nitrogen and oxygen atoms in total. The van der Waals surface area contributed by atoms with Gasteiger partial charge in [-0.15, -0.1) is 0 Å². The number of rotatable bonds is 4. The van der Waals surface area contributed by atoms with E-state index in [1.165, 1.54) is 6.20 Å². The summed E-state index contributed by atoms with van der Waals surface area (Å²) in [6, 6.07) is 11.5. The number of imide groups is 1. The summed E-state index contributed by atoms with van der Waals surface area (Å²) in [6.45, 7) is 0.371. The lowest BCUT2D eigenvalue weighted by Gasteiger charge is -2.06. The zero-order chi connectivity index (χ0) is 15.1. The minimum absolute atomic E-state index is 0.304. The summed E-state index contributed by atoms with van der Waals surface area (Å²) in [7, 11) is 1.57. The van der Waals surface area contributed by atoms with E-state index in [1.54, 1.807) is 43.5 Å². The van der Waals surface area contributed by atoms with Crippen molar-refractivity contribution >= 4 is 17.6 Å². The second kappa shape index (κ2) is 7.16. The number of methoxy groups -OCH3 is 1. The van der Waals surface area contributed by atoms with Crippen LogP contribution in [-0.2, 0) is 11.3 Å². The predicted molar refractivity (Wildman–Crippen MR) is 77.9 cm³/mol. The molecule has 1 heterocycles. The molecule has 108 valence electrons. The Hall–Kier alpha value is -2.73. The number of amides is 3. The first-order chi connectivity index (χ1) is 10.2. The first kappa shape index (κ1) is 14.7. The largest absolute Gasteiger partial charge is 0.378 e. The Kier molecular flexibility index (Phi) is 5.00. The highest BCUT2D eigenvalue weighted by Gasteiger charge is 2.10. The third-order valence-electron chi connectivity index (χ3n) is 2.64. The summed E-state index contributed by atoms with van der Waals surface area (Å²) in [4.78, 5) is 27.6. The Labute approximate surface area is 122 Å². The highest BCUT2D eigenvalue weighted by atomic mass is 16.5. The monoisotopic (exact) mass is 285 g/mol. The maximum Gasteiger partial charge on any atom is 0.326 e. The van der Waals surface area contributed by atoms with Crippen LogP contribution in [0.25, 0.3) is 0 Å². The van der Waals surface area contributed by atoms with Gasteiger partial charge in [-0.3, -0.25) is 15.1 Å². The number of hydrogen-bond acceptors (Lipinski definition) is 4. The summed E-state index contributed by atoms with van der Waals surface area (Å²) in [5, 5.41) is 4.80. The molecule has 2 aromatic rings. The van der Waals surface area contributed by atoms with Gasteiger partial charge in [-0.2, -0.15) is 0 Å². The van der Waals surface area contributed by atoms with E-state index in [9.17, 15) is 9.59 Å². The van der Waals surface area contributed by atoms with Crippen LogP contribution in [0.1, 0.15) is 16.1 Å². The van der Waals surface area contributed by atoms with Crippen molar-refractivity contribution < 1.29 is 14.3 Å². The number of carbonyl (C=O) groups excluding carboxylic acids is 2. The Balaban J connectivity index is 1.93. The van der Waals surface area contributed by atoms with Crippen molar-refractivity contribution in [3.63, 3.8) is 0 Å². The first-order valence-electron chi connectivity index (χ1n) is 6.30. The fraction of sp³-hybridized carbons (Fsp3) is 0.133. The molecule has 0 saturated heterocycles. The summed E-state index contributed by atoms with van der Waals surface area (Å²) < 4.78 is 4.93. The number of aromatic nitrogens is 1. The molecule has 0 aliphatic heterocycles. The molecule has 0 fully saturated rings. The van der Waals surface area contributed by atoms with Crippen LogP contribution >= 0.6 is 0 Å². The zero-order valence-electron chi connectivity index (χ0n) is 11.5. The van der Waals surface area contributed by atoms with Crippen LogP contribution in [0.3, 0.4) is 0 Å². The lowest BCUT2D eigenvalue weighted by atomic mass is 10.2. The smallest absolute Gasteiger partial charge is 0.326 e. The van der Waals surface area contributed by atoms with E-state index in [0.29, 0.717) is 23.6 Å². The highest BCUT2D eigenvalue weighted by Crippen LogP contribution is 2.05. The van der Waals surface area contributed by atoms with Gasteiger partial charge in [0.25, 0.3) is 5.91 Å². The fourth-order valence-corrected chi connectivity index (χ4v) is 1.65. The standard InChI is InChI=1S/C15H15N3O3/c1-21-10-13-8-7-11(9-16-13)14(19)18-15(20)17-12-5-3-2-4-6-12/h2-9H,10H2,1H3,(H2,17,18,19,20). The van der Waals surface area contributed by atoms with E-state index >= 15 is 0 Å². The van der Waals surface area contributed by atoms with Crippen molar-refractivity contribution in [3.05, 3.63) is 59.9 Å². The lowest BCUT2D eigenvalue weighted by Crippen LogP contribution is -2.34. The minimum Gasteiger partial charge on any atom is -0.378 e. The predicted octanol–water partition coefficient (Wildman–Crippen LogP) is 2.19. The van der Waals surface area contributed by atoms with Gasteiger partial charge in [0.15, 0.2) is 0 Å². The average Bonchev–Trinajstić information content (AvgIpc) is 2.49. The molecule has 6 heteroatoms. The molecule has 0 aliphatic rings. The van der Waals surface area contributed by atoms with Crippen LogP contribution < -0.4 is 10.6 Å². The number of benzene rings is 1. The van der Waals surface area contributed by atoms with Crippen LogP contribution in [0.2, 0.25) is 0 Å². The van der Waals surface area contributed by atoms with Gasteiger partial charge in [0.2, 0.25) is 0 Å². The van der Waals surface area contributed by atoms with E-state index < -0.39 is 11.9 Å². The normalized spacial score (nSPS) is 9.95. The molecular weight excluding hydrogens is 270 g/mol. The van der Waals surface area contributed by atoms with Gasteiger partial charge in [0.1, 0.15) is 0 Å². The average molecular weight is 285 g/mol. The maximum absolute atomic E-state index is 11.9. The first-order valence-corrected chi connectivity index (χ1v) is 6.30. The number of hydrogen-bond donors (Lipinski definition) is 2. The quantitative estimate of drug-likeness (QED) is 0.902. The number of pyridine rings is 1. The molecular formula is C15H15N3O3. The molecule has 1 aromatic heterocycles. The summed E-state index contributed by atoms with van der Waals surface area (Å²) >= 11 is 0. The van der Waals surface area contributed by atoms with Gasteiger partial charge in [-0.25, -0.2) is 4.79 Å². The molecule has 0 aliphatic carbocycles. The van der Waals surface area contributed by atoms with Crippen LogP contribution in [0.15, 0.2) is 48.7 Å². The second-order valence-electron chi connectivity index (χ2n) is 4.25. The third-order valence-corrected chi connectivity index (χ3v) is 2.64. The van der Waals surface area contributed by atoms with E-state index in [0.717, 1.165) is 0 Å². The highest BCUT2D eigenvalue weighted by molar-refractivity contribution is 6.07. The molecule has 3 amide bonds. The molecule has 0 saturated carbocycles. The van der Waals surface area contributed by atoms with Crippen molar-refractivity contribution in [3.8, 4) is 0 Å². The van der Waals surface area contributed by atoms with E-state index in [2.05, 4.69) is 15.6 Å². The van der Waals surface area contributed by atoms with Gasteiger partial charge in [-0.1, -0.05) is 18.2 Å². The summed E-state index contributed by atoms with van der Waals surface area (Å²) in [6.07, 6.45) is 1.40. The molecule has 0 spiro atoms. The summed E-state index contributed by atoms with van der Waals surface area (Å²) in [5.41, 5.74) is 1.62. The van der Waals surface area contributed by atoms with Gasteiger partial charge >= 0.3 is 6.03 Å². The number of nitrogens with one attached hydrogen (secondary N) is 2. The number of ether oxygens (including phenoxy) is 1. The number of carbonyl (C=O) groups is 2. The molecule has 0 unspecified atom stereocenters. The summed E-state index contributed by atoms with van der Waals surface area (Å²) in [5.74, 6) is -0.514. The number of anilines is 1. The van der Waals surface area contributed by atoms with Crippen molar-refractivity contribution in [1.29, 1.82) is 0 Å². The van der Waals surface area contributed by atoms with Crippen molar-refractivity contribution in [2.24, 2.45) is 0 Å². The van der Waals surface area contributed by atoms with Crippen LogP contribution in [0, 0.1) is 0 Å². The Morgan fingerprint density at radius 2 is 1.90 bits per heavy atom. The fourth-order valence-electron chi connectivity index (χ4n) is 1.65. The van der Waals surface area contributed by atoms with Crippen molar-refractivity contribution in [2.75, 3.05) is 12.4 Å². The van der Waals surface area contributed by atoms with Gasteiger partial charge < -0.3 is 10.1 Å². The topological polar surface area (TPSA) is 80.3 Å². The van der Waals surface area contributed by atoms with Crippen LogP contribution in [0.5, 0.6) is 0 Å². The van der Waals surface area contributed by atoms with Crippen molar-refractivity contribution in [1.82, 2.24) is 10.3 Å². The molecule has 21 heavy (non-hydrogen) atoms. The van der Waals surface area contributed by atoms with E-state index in [1.807, 2.05) is 6.07 Å². The molecule has 2 N–H and O–H groups in total. The SMILES string of the molecule is COCc1ccc(C(=O)NC(=O)Nc2ccccc2)cn1. The molecule has 0 bridgehead atoms. The zero-order valence-corrected chi connectivity index (χ0v) is 11.5. The van der Waals surface area contributed by atoms with E-state index in [-0.39, 0.29) is 0 Å². The molecule has 0 radical (unpaired) electrons. The van der Waals surface area contributed by atoms with Crippen LogP contribution in [-0.4, -0.2) is 24.0 Å². The molecule has 2 rings (SSSR count). The van der Waals surface area contributed by atoms with E-state index in [4.69, 9.17) is 4.74 Å².